The summed E-state index contributed by atoms with van der Waals surface area (Å²) in [4.78, 5) is 18.4. The Bertz CT molecular complexity index is 778. The Morgan fingerprint density at radius 3 is 2.59 bits per heavy atom. The number of rotatable bonds is 5. The van der Waals surface area contributed by atoms with Gasteiger partial charge in [0, 0.05) is 28.5 Å². The highest BCUT2D eigenvalue weighted by Crippen LogP contribution is 2.32. The molecule has 3 nitrogen and oxygen atoms in total. The third-order valence-corrected chi connectivity index (χ3v) is 6.44. The lowest BCUT2D eigenvalue weighted by Crippen LogP contribution is -2.35. The molecule has 27 heavy (non-hydrogen) atoms. The normalized spacial score (nSPS) is 19.6. The molecule has 4 heteroatoms. The Balaban J connectivity index is 1.55. The Labute approximate surface area is 171 Å². The van der Waals surface area contributed by atoms with Gasteiger partial charge >= 0.3 is 0 Å². The molecule has 0 atom stereocenters. The minimum absolute atomic E-state index is 0.220. The summed E-state index contributed by atoms with van der Waals surface area (Å²) in [5.41, 5.74) is 6.14. The van der Waals surface area contributed by atoms with Crippen LogP contribution in [0.3, 0.4) is 0 Å². The molecule has 0 saturated carbocycles. The van der Waals surface area contributed by atoms with Gasteiger partial charge in [0.25, 0.3) is 0 Å². The average molecular weight is 429 g/mol. The molecule has 0 bridgehead atoms. The molecule has 0 N–H and O–H groups in total. The Kier molecular flexibility index (Phi) is 6.83. The Morgan fingerprint density at radius 2 is 2.00 bits per heavy atom. The first-order valence-electron chi connectivity index (χ1n) is 9.85. The first-order chi connectivity index (χ1) is 12.9. The van der Waals surface area contributed by atoms with Crippen LogP contribution in [0, 0.1) is 12.8 Å². The molecule has 1 aliphatic heterocycles. The summed E-state index contributed by atoms with van der Waals surface area (Å²) in [6.07, 6.45) is 12.8. The van der Waals surface area contributed by atoms with Crippen molar-refractivity contribution in [3.8, 4) is 0 Å². The molecule has 2 aliphatic rings. The summed E-state index contributed by atoms with van der Waals surface area (Å²) in [5, 5.41) is 0. The molecule has 2 heterocycles. The highest BCUT2D eigenvalue weighted by atomic mass is 79.9. The van der Waals surface area contributed by atoms with Crippen LogP contribution in [0.25, 0.3) is 6.08 Å². The molecule has 3 rings (SSSR count). The SMILES string of the molecule is CC(=O)C1=CC=C(C2CCN(C/C(C)=C/c3c(Br)ccnc3C)CC2)CC1. The highest BCUT2D eigenvalue weighted by Gasteiger charge is 2.23. The lowest BCUT2D eigenvalue weighted by atomic mass is 9.83. The summed E-state index contributed by atoms with van der Waals surface area (Å²) >= 11 is 3.64. The lowest BCUT2D eigenvalue weighted by Gasteiger charge is -2.34. The average Bonchev–Trinajstić information content (AvgIpc) is 2.65. The van der Waals surface area contributed by atoms with E-state index in [1.807, 2.05) is 12.3 Å². The quantitative estimate of drug-likeness (QED) is 0.620. The molecule has 1 aromatic heterocycles. The van der Waals surface area contributed by atoms with Crippen molar-refractivity contribution in [2.75, 3.05) is 19.6 Å². The third-order valence-electron chi connectivity index (χ3n) is 5.75. The van der Waals surface area contributed by atoms with Gasteiger partial charge in [-0.25, -0.2) is 0 Å². The summed E-state index contributed by atoms with van der Waals surface area (Å²) < 4.78 is 1.11. The number of Topliss-reactive ketones (excluding diaryl/α,β-unsaturated/α-hetero) is 1. The van der Waals surface area contributed by atoms with Crippen LogP contribution >= 0.6 is 15.9 Å². The number of hydrogen-bond donors (Lipinski definition) is 0. The highest BCUT2D eigenvalue weighted by molar-refractivity contribution is 9.10. The predicted molar refractivity (Wildman–Crippen MR) is 116 cm³/mol. The maximum atomic E-state index is 11.5. The maximum absolute atomic E-state index is 11.5. The zero-order valence-corrected chi connectivity index (χ0v) is 18.2. The van der Waals surface area contributed by atoms with Crippen molar-refractivity contribution in [2.45, 2.75) is 46.5 Å². The van der Waals surface area contributed by atoms with E-state index in [9.17, 15) is 4.79 Å². The van der Waals surface area contributed by atoms with E-state index in [1.165, 1.54) is 24.0 Å². The minimum atomic E-state index is 0.220. The molecular formula is C23H29BrN2O. The van der Waals surface area contributed by atoms with E-state index in [0.717, 1.165) is 48.2 Å². The number of nitrogens with zero attached hydrogens (tertiary/aromatic N) is 2. The first kappa shape index (κ1) is 20.2. The van der Waals surface area contributed by atoms with Crippen LogP contribution in [0.15, 0.2) is 45.6 Å². The molecule has 0 spiro atoms. The number of likely N-dealkylation sites (tertiary alicyclic amines) is 1. The summed E-state index contributed by atoms with van der Waals surface area (Å²) in [5.74, 6) is 0.905. The Hall–Kier alpha value is -1.52. The number of ketones is 1. The summed E-state index contributed by atoms with van der Waals surface area (Å²) in [7, 11) is 0. The van der Waals surface area contributed by atoms with E-state index in [4.69, 9.17) is 0 Å². The smallest absolute Gasteiger partial charge is 0.155 e. The fourth-order valence-corrected chi connectivity index (χ4v) is 4.63. The van der Waals surface area contributed by atoms with E-state index >= 15 is 0 Å². The number of carbonyl (C=O) groups is 1. The second-order valence-electron chi connectivity index (χ2n) is 7.82. The number of piperidine rings is 1. The van der Waals surface area contributed by atoms with Crippen molar-refractivity contribution in [3.63, 3.8) is 0 Å². The second-order valence-corrected chi connectivity index (χ2v) is 8.68. The van der Waals surface area contributed by atoms with E-state index in [2.05, 4.69) is 57.9 Å². The van der Waals surface area contributed by atoms with Gasteiger partial charge in [-0.15, -0.1) is 0 Å². The van der Waals surface area contributed by atoms with Crippen molar-refractivity contribution < 1.29 is 4.79 Å². The molecule has 144 valence electrons. The van der Waals surface area contributed by atoms with Crippen LogP contribution in [0.4, 0.5) is 0 Å². The Morgan fingerprint density at radius 1 is 1.26 bits per heavy atom. The van der Waals surface area contributed by atoms with Gasteiger partial charge in [-0.3, -0.25) is 14.7 Å². The fraction of sp³-hybridized carbons (Fsp3) is 0.478. The number of halogens is 1. The van der Waals surface area contributed by atoms with Crippen LogP contribution in [-0.4, -0.2) is 35.3 Å². The number of carbonyl (C=O) groups excluding carboxylic acids is 1. The van der Waals surface area contributed by atoms with Crippen molar-refractivity contribution in [1.29, 1.82) is 0 Å². The third kappa shape index (κ3) is 5.26. The maximum Gasteiger partial charge on any atom is 0.155 e. The van der Waals surface area contributed by atoms with Gasteiger partial charge in [0.1, 0.15) is 0 Å². The van der Waals surface area contributed by atoms with Crippen molar-refractivity contribution in [2.24, 2.45) is 5.92 Å². The van der Waals surface area contributed by atoms with Gasteiger partial charge in [0.2, 0.25) is 0 Å². The number of pyridine rings is 1. The number of hydrogen-bond acceptors (Lipinski definition) is 3. The van der Waals surface area contributed by atoms with Crippen LogP contribution in [0.5, 0.6) is 0 Å². The van der Waals surface area contributed by atoms with Crippen LogP contribution in [-0.2, 0) is 4.79 Å². The molecule has 1 aromatic rings. The number of allylic oxidation sites excluding steroid dienone is 4. The fourth-order valence-electron chi connectivity index (χ4n) is 4.11. The van der Waals surface area contributed by atoms with E-state index < -0.39 is 0 Å². The van der Waals surface area contributed by atoms with E-state index in [1.54, 1.807) is 12.5 Å². The van der Waals surface area contributed by atoms with Crippen LogP contribution in [0.2, 0.25) is 0 Å². The lowest BCUT2D eigenvalue weighted by molar-refractivity contribution is -0.113. The van der Waals surface area contributed by atoms with E-state index in [-0.39, 0.29) is 5.78 Å². The molecule has 1 aliphatic carbocycles. The van der Waals surface area contributed by atoms with E-state index in [0.29, 0.717) is 5.92 Å². The molecular weight excluding hydrogens is 400 g/mol. The molecule has 0 unspecified atom stereocenters. The monoisotopic (exact) mass is 428 g/mol. The molecule has 0 amide bonds. The zero-order valence-electron chi connectivity index (χ0n) is 16.6. The standard InChI is InChI=1S/C23H29BrN2O/c1-16(14-22-17(2)25-11-8-23(22)24)15-26-12-9-21(10-13-26)20-6-4-19(5-7-20)18(3)27/h4,6,8,11,14,21H,5,7,9-10,12-13,15H2,1-3H3/b16-14+. The molecule has 0 radical (unpaired) electrons. The van der Waals surface area contributed by atoms with Crippen LogP contribution < -0.4 is 0 Å². The zero-order chi connectivity index (χ0) is 19.4. The molecule has 1 saturated heterocycles. The van der Waals surface area contributed by atoms with Gasteiger partial charge < -0.3 is 0 Å². The topological polar surface area (TPSA) is 33.2 Å². The predicted octanol–water partition coefficient (Wildman–Crippen LogP) is 5.50. The van der Waals surface area contributed by atoms with Gasteiger partial charge in [-0.1, -0.05) is 45.3 Å². The summed E-state index contributed by atoms with van der Waals surface area (Å²) in [6, 6.07) is 2.00. The van der Waals surface area contributed by atoms with Gasteiger partial charge in [0.05, 0.1) is 0 Å². The van der Waals surface area contributed by atoms with Crippen LogP contribution in [0.1, 0.15) is 50.8 Å². The van der Waals surface area contributed by atoms with Gasteiger partial charge in [0.15, 0.2) is 5.78 Å². The van der Waals surface area contributed by atoms with Gasteiger partial charge in [-0.2, -0.15) is 0 Å². The second kappa shape index (κ2) is 9.11. The van der Waals surface area contributed by atoms with Crippen molar-refractivity contribution >= 4 is 27.8 Å². The minimum Gasteiger partial charge on any atom is -0.299 e. The number of aromatic nitrogens is 1. The summed E-state index contributed by atoms with van der Waals surface area (Å²) in [6.45, 7) is 9.24. The van der Waals surface area contributed by atoms with Crippen molar-refractivity contribution in [3.05, 3.63) is 56.9 Å². The first-order valence-corrected chi connectivity index (χ1v) is 10.6. The molecule has 1 fully saturated rings. The van der Waals surface area contributed by atoms with Crippen molar-refractivity contribution in [1.82, 2.24) is 9.88 Å². The molecule has 0 aromatic carbocycles. The van der Waals surface area contributed by atoms with Gasteiger partial charge in [-0.05, 0) is 77.1 Å². The largest absolute Gasteiger partial charge is 0.299 e. The number of aryl methyl sites for hydroxylation is 1.